The van der Waals surface area contributed by atoms with Gasteiger partial charge >= 0.3 is 5.97 Å². The highest BCUT2D eigenvalue weighted by atomic mass is 16.5. The second-order valence-corrected chi connectivity index (χ2v) is 8.86. The molecule has 1 aliphatic carbocycles. The number of carbonyl (C=O) groups is 1. The number of oxazole rings is 1. The van der Waals surface area contributed by atoms with Crippen molar-refractivity contribution in [3.63, 3.8) is 0 Å². The summed E-state index contributed by atoms with van der Waals surface area (Å²) in [4.78, 5) is 15.7. The standard InChI is InChI=1S/C28H31NO4/c1-18(2)20-10-12-22(13-11-20)28-29-25(19(3)33-28)16-17-32-26-9-5-7-23-21(14-15-27(30)31)6-4-8-24(23)26/h5,7,9-14,18H,4,6,8,15-17H2,1-3H3,(H,30,31)/b21-14-. The summed E-state index contributed by atoms with van der Waals surface area (Å²) in [6.45, 7) is 6.81. The molecule has 0 atom stereocenters. The molecule has 1 heterocycles. The Morgan fingerprint density at radius 1 is 1.18 bits per heavy atom. The van der Waals surface area contributed by atoms with Gasteiger partial charge in [-0.25, -0.2) is 4.98 Å². The Kier molecular flexibility index (Phi) is 6.97. The third kappa shape index (κ3) is 5.36. The van der Waals surface area contributed by atoms with Gasteiger partial charge in [0.05, 0.1) is 18.7 Å². The number of rotatable bonds is 8. The van der Waals surface area contributed by atoms with Gasteiger partial charge in [-0.2, -0.15) is 0 Å². The summed E-state index contributed by atoms with van der Waals surface area (Å²) in [6, 6.07) is 14.4. The predicted molar refractivity (Wildman–Crippen MR) is 130 cm³/mol. The minimum atomic E-state index is -0.805. The average Bonchev–Trinajstić information content (AvgIpc) is 3.18. The quantitative estimate of drug-likeness (QED) is 0.423. The minimum Gasteiger partial charge on any atom is -0.493 e. The molecule has 3 aromatic rings. The van der Waals surface area contributed by atoms with Crippen molar-refractivity contribution in [2.24, 2.45) is 0 Å². The molecular formula is C28H31NO4. The van der Waals surface area contributed by atoms with E-state index in [2.05, 4.69) is 44.2 Å². The monoisotopic (exact) mass is 445 g/mol. The summed E-state index contributed by atoms with van der Waals surface area (Å²) in [7, 11) is 0. The van der Waals surface area contributed by atoms with E-state index in [0.29, 0.717) is 24.8 Å². The molecule has 5 heteroatoms. The van der Waals surface area contributed by atoms with Crippen molar-refractivity contribution < 1.29 is 19.1 Å². The molecule has 172 valence electrons. The maximum atomic E-state index is 11.0. The number of ether oxygens (including phenoxy) is 1. The molecule has 0 saturated heterocycles. The van der Waals surface area contributed by atoms with Crippen LogP contribution in [0.25, 0.3) is 17.0 Å². The van der Waals surface area contributed by atoms with Crippen molar-refractivity contribution in [2.75, 3.05) is 6.61 Å². The van der Waals surface area contributed by atoms with E-state index in [1.165, 1.54) is 11.1 Å². The second kappa shape index (κ2) is 10.1. The molecular weight excluding hydrogens is 414 g/mol. The summed E-state index contributed by atoms with van der Waals surface area (Å²) < 4.78 is 12.1. The first-order valence-electron chi connectivity index (χ1n) is 11.6. The van der Waals surface area contributed by atoms with Crippen molar-refractivity contribution >= 4 is 11.5 Å². The SMILES string of the molecule is Cc1oc(-c2ccc(C(C)C)cc2)nc1CCOc1cccc2c1CCC/C2=C/CC(=O)O. The van der Waals surface area contributed by atoms with Crippen LogP contribution in [0.1, 0.15) is 67.2 Å². The van der Waals surface area contributed by atoms with E-state index in [1.54, 1.807) is 0 Å². The maximum absolute atomic E-state index is 11.0. The van der Waals surface area contributed by atoms with Crippen LogP contribution in [0.4, 0.5) is 0 Å². The van der Waals surface area contributed by atoms with Crippen molar-refractivity contribution in [2.45, 2.75) is 58.8 Å². The zero-order chi connectivity index (χ0) is 23.4. The molecule has 4 rings (SSSR count). The lowest BCUT2D eigenvalue weighted by Gasteiger charge is -2.22. The topological polar surface area (TPSA) is 72.6 Å². The maximum Gasteiger partial charge on any atom is 0.307 e. The van der Waals surface area contributed by atoms with Gasteiger partial charge in [0.15, 0.2) is 0 Å². The fourth-order valence-corrected chi connectivity index (χ4v) is 4.32. The van der Waals surface area contributed by atoms with Crippen LogP contribution in [0.15, 0.2) is 53.0 Å². The normalized spacial score (nSPS) is 14.5. The number of nitrogens with zero attached hydrogens (tertiary/aromatic N) is 1. The Morgan fingerprint density at radius 3 is 2.70 bits per heavy atom. The van der Waals surface area contributed by atoms with Crippen molar-refractivity contribution in [1.29, 1.82) is 0 Å². The number of benzene rings is 2. The first kappa shape index (κ1) is 22.8. The summed E-state index contributed by atoms with van der Waals surface area (Å²) >= 11 is 0. The highest BCUT2D eigenvalue weighted by Crippen LogP contribution is 2.36. The third-order valence-electron chi connectivity index (χ3n) is 6.19. The largest absolute Gasteiger partial charge is 0.493 e. The Hall–Kier alpha value is -3.34. The summed E-state index contributed by atoms with van der Waals surface area (Å²) in [5, 5.41) is 9.02. The van der Waals surface area contributed by atoms with Gasteiger partial charge < -0.3 is 14.3 Å². The fourth-order valence-electron chi connectivity index (χ4n) is 4.32. The Morgan fingerprint density at radius 2 is 1.97 bits per heavy atom. The van der Waals surface area contributed by atoms with Crippen LogP contribution in [0.2, 0.25) is 0 Å². The molecule has 0 aliphatic heterocycles. The average molecular weight is 446 g/mol. The van der Waals surface area contributed by atoms with Crippen LogP contribution >= 0.6 is 0 Å². The van der Waals surface area contributed by atoms with Gasteiger partial charge in [0.1, 0.15) is 11.5 Å². The lowest BCUT2D eigenvalue weighted by molar-refractivity contribution is -0.136. The number of hydrogen-bond acceptors (Lipinski definition) is 4. The lowest BCUT2D eigenvalue weighted by atomic mass is 9.86. The summed E-state index contributed by atoms with van der Waals surface area (Å²) in [5.74, 6) is 2.02. The first-order chi connectivity index (χ1) is 15.9. The minimum absolute atomic E-state index is 0.0494. The van der Waals surface area contributed by atoms with Gasteiger partial charge in [-0.1, -0.05) is 44.2 Å². The molecule has 0 amide bonds. The van der Waals surface area contributed by atoms with Crippen LogP contribution in [0, 0.1) is 6.92 Å². The summed E-state index contributed by atoms with van der Waals surface area (Å²) in [6.07, 6.45) is 5.38. The molecule has 1 aliphatic rings. The highest BCUT2D eigenvalue weighted by molar-refractivity contribution is 5.77. The fraction of sp³-hybridized carbons (Fsp3) is 0.357. The number of aliphatic carboxylic acids is 1. The molecule has 0 saturated carbocycles. The van der Waals surface area contributed by atoms with E-state index in [-0.39, 0.29) is 6.42 Å². The van der Waals surface area contributed by atoms with Crippen LogP contribution in [0.5, 0.6) is 5.75 Å². The third-order valence-corrected chi connectivity index (χ3v) is 6.19. The molecule has 1 aromatic heterocycles. The molecule has 0 fully saturated rings. The zero-order valence-corrected chi connectivity index (χ0v) is 19.6. The number of aromatic nitrogens is 1. The van der Waals surface area contributed by atoms with E-state index >= 15 is 0 Å². The lowest BCUT2D eigenvalue weighted by Crippen LogP contribution is -2.09. The van der Waals surface area contributed by atoms with Crippen LogP contribution in [0.3, 0.4) is 0 Å². The van der Waals surface area contributed by atoms with Gasteiger partial charge in [0.25, 0.3) is 0 Å². The van der Waals surface area contributed by atoms with Crippen LogP contribution in [-0.2, 0) is 17.6 Å². The molecule has 0 unspecified atom stereocenters. The Labute approximate surface area is 195 Å². The molecule has 33 heavy (non-hydrogen) atoms. The first-order valence-corrected chi connectivity index (χ1v) is 11.6. The second-order valence-electron chi connectivity index (χ2n) is 8.86. The molecule has 0 spiro atoms. The van der Waals surface area contributed by atoms with E-state index in [1.807, 2.05) is 25.1 Å². The molecule has 1 N–H and O–H groups in total. The Bertz CT molecular complexity index is 1160. The van der Waals surface area contributed by atoms with Gasteiger partial charge in [0, 0.05) is 17.5 Å². The van der Waals surface area contributed by atoms with E-state index < -0.39 is 5.97 Å². The predicted octanol–water partition coefficient (Wildman–Crippen LogP) is 6.59. The number of carboxylic acids is 1. The van der Waals surface area contributed by atoms with Crippen LogP contribution < -0.4 is 4.74 Å². The van der Waals surface area contributed by atoms with Gasteiger partial charge in [-0.05, 0) is 67.0 Å². The smallest absolute Gasteiger partial charge is 0.307 e. The zero-order valence-electron chi connectivity index (χ0n) is 19.6. The van der Waals surface area contributed by atoms with Gasteiger partial charge in [-0.3, -0.25) is 4.79 Å². The number of fused-ring (bicyclic) bond motifs is 1. The van der Waals surface area contributed by atoms with E-state index in [9.17, 15) is 4.79 Å². The van der Waals surface area contributed by atoms with E-state index in [4.69, 9.17) is 19.2 Å². The van der Waals surface area contributed by atoms with Crippen molar-refractivity contribution in [3.05, 3.63) is 76.7 Å². The number of allylic oxidation sites excluding steroid dienone is 1. The Balaban J connectivity index is 1.44. The number of hydrogen-bond donors (Lipinski definition) is 1. The summed E-state index contributed by atoms with van der Waals surface area (Å²) in [5.41, 5.74) is 6.57. The number of carboxylic acid groups (broad SMARTS) is 1. The molecule has 0 radical (unpaired) electrons. The van der Waals surface area contributed by atoms with Gasteiger partial charge in [-0.15, -0.1) is 0 Å². The van der Waals surface area contributed by atoms with Crippen molar-refractivity contribution in [1.82, 2.24) is 4.98 Å². The van der Waals surface area contributed by atoms with Gasteiger partial charge in [0.2, 0.25) is 5.89 Å². The molecule has 0 bridgehead atoms. The van der Waals surface area contributed by atoms with Crippen molar-refractivity contribution in [3.8, 4) is 17.2 Å². The molecule has 5 nitrogen and oxygen atoms in total. The van der Waals surface area contributed by atoms with Crippen LogP contribution in [-0.4, -0.2) is 22.7 Å². The number of aryl methyl sites for hydroxylation is 1. The van der Waals surface area contributed by atoms with E-state index in [0.717, 1.165) is 53.2 Å². The highest BCUT2D eigenvalue weighted by Gasteiger charge is 2.18. The molecule has 2 aromatic carbocycles.